The Morgan fingerprint density at radius 1 is 1.18 bits per heavy atom. The fourth-order valence-corrected chi connectivity index (χ4v) is 3.15. The lowest BCUT2D eigenvalue weighted by atomic mass is 9.96. The van der Waals surface area contributed by atoms with Crippen LogP contribution in [0.15, 0.2) is 12.2 Å². The molecule has 0 aromatic carbocycles. The third-order valence-electron chi connectivity index (χ3n) is 4.93. The van der Waals surface area contributed by atoms with E-state index < -0.39 is 48.4 Å². The lowest BCUT2D eigenvalue weighted by Crippen LogP contribution is -2.58. The van der Waals surface area contributed by atoms with Crippen LogP contribution in [0.25, 0.3) is 0 Å². The molecule has 0 aromatic heterocycles. The normalized spacial score (nSPS) is 29.0. The largest absolute Gasteiger partial charge is 0.481 e. The van der Waals surface area contributed by atoms with Gasteiger partial charge in [-0.15, -0.1) is 0 Å². The van der Waals surface area contributed by atoms with Crippen LogP contribution in [-0.4, -0.2) is 71.5 Å². The molecule has 3 N–H and O–H groups in total. The van der Waals surface area contributed by atoms with Crippen molar-refractivity contribution in [1.82, 2.24) is 0 Å². The van der Waals surface area contributed by atoms with Gasteiger partial charge in [0.15, 0.2) is 0 Å². The van der Waals surface area contributed by atoms with Crippen molar-refractivity contribution >= 4 is 11.9 Å². The molecule has 0 bridgehead atoms. The van der Waals surface area contributed by atoms with Crippen LogP contribution in [0.1, 0.15) is 52.4 Å². The Morgan fingerprint density at radius 2 is 1.89 bits per heavy atom. The number of methoxy groups -OCH3 is 1. The van der Waals surface area contributed by atoms with Gasteiger partial charge in [-0.25, -0.2) is 0 Å². The second-order valence-corrected chi connectivity index (χ2v) is 7.19. The van der Waals surface area contributed by atoms with E-state index in [1.165, 1.54) is 7.11 Å². The maximum absolute atomic E-state index is 12.1. The molecule has 6 unspecified atom stereocenters. The number of carbonyl (C=O) groups excluding carboxylic acids is 1. The van der Waals surface area contributed by atoms with E-state index in [-0.39, 0.29) is 19.4 Å². The summed E-state index contributed by atoms with van der Waals surface area (Å²) in [5.74, 6) is -2.56. The zero-order valence-corrected chi connectivity index (χ0v) is 17.0. The molecule has 6 atom stereocenters. The summed E-state index contributed by atoms with van der Waals surface area (Å²) >= 11 is 0. The van der Waals surface area contributed by atoms with Crippen molar-refractivity contribution in [3.05, 3.63) is 12.2 Å². The number of esters is 1. The molecule has 162 valence electrons. The summed E-state index contributed by atoms with van der Waals surface area (Å²) in [7, 11) is 1.36. The van der Waals surface area contributed by atoms with Gasteiger partial charge in [-0.3, -0.25) is 9.59 Å². The molecular formula is C20H34O8. The first-order valence-electron chi connectivity index (χ1n) is 9.89. The summed E-state index contributed by atoms with van der Waals surface area (Å²) in [6, 6.07) is 0. The summed E-state index contributed by atoms with van der Waals surface area (Å²) in [6.45, 7) is 3.53. The Hall–Kier alpha value is -1.48. The molecule has 1 aliphatic heterocycles. The molecule has 0 amide bonds. The molecule has 1 heterocycles. The predicted octanol–water partition coefficient (Wildman–Crippen LogP) is 1.67. The zero-order chi connectivity index (χ0) is 21.1. The van der Waals surface area contributed by atoms with Gasteiger partial charge in [-0.05, 0) is 26.2 Å². The van der Waals surface area contributed by atoms with Gasteiger partial charge >= 0.3 is 11.9 Å². The second kappa shape index (κ2) is 12.9. The summed E-state index contributed by atoms with van der Waals surface area (Å²) in [5, 5.41) is 29.2. The zero-order valence-electron chi connectivity index (χ0n) is 17.0. The Labute approximate surface area is 166 Å². The summed E-state index contributed by atoms with van der Waals surface area (Å²) in [6.07, 6.45) is 3.48. The Kier molecular flexibility index (Phi) is 11.3. The van der Waals surface area contributed by atoms with Gasteiger partial charge in [-0.2, -0.15) is 0 Å². The number of hydrogen-bond acceptors (Lipinski definition) is 7. The average molecular weight is 402 g/mol. The third kappa shape index (κ3) is 7.87. The number of rotatable bonds is 12. The van der Waals surface area contributed by atoms with Gasteiger partial charge in [0.1, 0.15) is 31.0 Å². The summed E-state index contributed by atoms with van der Waals surface area (Å²) in [4.78, 5) is 23.5. The van der Waals surface area contributed by atoms with Crippen molar-refractivity contribution in [2.45, 2.75) is 82.9 Å². The number of unbranched alkanes of at least 4 members (excludes halogenated alkanes) is 3. The first kappa shape index (κ1) is 24.6. The Morgan fingerprint density at radius 3 is 2.50 bits per heavy atom. The Balaban J connectivity index is 2.48. The van der Waals surface area contributed by atoms with Gasteiger partial charge in [0.25, 0.3) is 0 Å². The number of carbonyl (C=O) groups is 2. The molecule has 0 aromatic rings. The van der Waals surface area contributed by atoms with E-state index in [0.717, 1.165) is 25.7 Å². The van der Waals surface area contributed by atoms with Crippen molar-refractivity contribution < 1.29 is 39.1 Å². The molecule has 1 saturated heterocycles. The predicted molar refractivity (Wildman–Crippen MR) is 102 cm³/mol. The van der Waals surface area contributed by atoms with Gasteiger partial charge in [0, 0.05) is 7.11 Å². The molecule has 1 rings (SSSR count). The number of carboxylic acid groups (broad SMARTS) is 1. The summed E-state index contributed by atoms with van der Waals surface area (Å²) < 4.78 is 15.9. The monoisotopic (exact) mass is 402 g/mol. The van der Waals surface area contributed by atoms with Crippen LogP contribution in [0.4, 0.5) is 0 Å². The number of aliphatic hydroxyl groups excluding tert-OH is 2. The number of ether oxygens (including phenoxy) is 3. The fourth-order valence-electron chi connectivity index (χ4n) is 3.15. The highest BCUT2D eigenvalue weighted by molar-refractivity contribution is 5.78. The minimum atomic E-state index is -1.16. The minimum absolute atomic E-state index is 0.190. The van der Waals surface area contributed by atoms with Crippen LogP contribution < -0.4 is 0 Å². The van der Waals surface area contributed by atoms with E-state index in [9.17, 15) is 24.9 Å². The van der Waals surface area contributed by atoms with E-state index in [2.05, 4.69) is 6.92 Å². The van der Waals surface area contributed by atoms with Crippen molar-refractivity contribution in [2.75, 3.05) is 13.7 Å². The smallest absolute Gasteiger partial charge is 0.307 e. The van der Waals surface area contributed by atoms with Crippen LogP contribution in [0.2, 0.25) is 0 Å². The molecule has 8 nitrogen and oxygen atoms in total. The molecule has 0 aliphatic carbocycles. The maximum Gasteiger partial charge on any atom is 0.307 e. The molecular weight excluding hydrogens is 368 g/mol. The highest BCUT2D eigenvalue weighted by Crippen LogP contribution is 2.23. The van der Waals surface area contributed by atoms with Gasteiger partial charge < -0.3 is 29.5 Å². The molecule has 8 heteroatoms. The number of hydrogen-bond donors (Lipinski definition) is 3. The molecule has 1 aliphatic rings. The molecule has 28 heavy (non-hydrogen) atoms. The average Bonchev–Trinajstić information content (AvgIpc) is 2.66. The standard InChI is InChI=1S/C20H34O8/c1-4-5-6-7-8-9-10-14(20(24)25)11-16(21)27-12-15-19(26-3)18(23)17(22)13(2)28-15/h8-9,13-15,17-19,22-23H,4-7,10-12H2,1-3H3,(H,24,25)/b9-8+. The first-order valence-corrected chi connectivity index (χ1v) is 9.89. The highest BCUT2D eigenvalue weighted by Gasteiger charge is 2.43. The van der Waals surface area contributed by atoms with Crippen LogP contribution in [0.5, 0.6) is 0 Å². The SMILES string of the molecule is CCCCC/C=C/CC(CC(=O)OCC1OC(C)C(O)C(O)C1OC)C(=O)O. The van der Waals surface area contributed by atoms with Gasteiger partial charge in [-0.1, -0.05) is 31.9 Å². The van der Waals surface area contributed by atoms with Crippen molar-refractivity contribution in [3.8, 4) is 0 Å². The minimum Gasteiger partial charge on any atom is -0.481 e. The molecule has 0 spiro atoms. The van der Waals surface area contributed by atoms with Crippen LogP contribution in [0.3, 0.4) is 0 Å². The third-order valence-corrected chi connectivity index (χ3v) is 4.93. The number of aliphatic carboxylic acids is 1. The molecule has 1 fully saturated rings. The topological polar surface area (TPSA) is 123 Å². The Bertz CT molecular complexity index is 506. The molecule has 0 saturated carbocycles. The van der Waals surface area contributed by atoms with Crippen molar-refractivity contribution in [2.24, 2.45) is 5.92 Å². The van der Waals surface area contributed by atoms with Crippen LogP contribution in [0, 0.1) is 5.92 Å². The number of allylic oxidation sites excluding steroid dienone is 2. The van der Waals surface area contributed by atoms with E-state index in [1.807, 2.05) is 6.08 Å². The van der Waals surface area contributed by atoms with Gasteiger partial charge in [0.05, 0.1) is 18.4 Å². The van der Waals surface area contributed by atoms with Crippen LogP contribution >= 0.6 is 0 Å². The number of carboxylic acids is 1. The van der Waals surface area contributed by atoms with Crippen molar-refractivity contribution in [3.63, 3.8) is 0 Å². The van der Waals surface area contributed by atoms with E-state index in [1.54, 1.807) is 13.0 Å². The van der Waals surface area contributed by atoms with E-state index >= 15 is 0 Å². The maximum atomic E-state index is 12.1. The summed E-state index contributed by atoms with van der Waals surface area (Å²) in [5.41, 5.74) is 0. The van der Waals surface area contributed by atoms with Gasteiger partial charge in [0.2, 0.25) is 0 Å². The van der Waals surface area contributed by atoms with E-state index in [4.69, 9.17) is 14.2 Å². The van der Waals surface area contributed by atoms with Crippen LogP contribution in [-0.2, 0) is 23.8 Å². The first-order chi connectivity index (χ1) is 13.3. The quantitative estimate of drug-likeness (QED) is 0.256. The molecule has 0 radical (unpaired) electrons. The second-order valence-electron chi connectivity index (χ2n) is 7.19. The van der Waals surface area contributed by atoms with Crippen molar-refractivity contribution in [1.29, 1.82) is 0 Å². The highest BCUT2D eigenvalue weighted by atomic mass is 16.6. The fraction of sp³-hybridized carbons (Fsp3) is 0.800. The van der Waals surface area contributed by atoms with E-state index in [0.29, 0.717) is 0 Å². The number of aliphatic hydroxyl groups is 2. The lowest BCUT2D eigenvalue weighted by Gasteiger charge is -2.40. The lowest BCUT2D eigenvalue weighted by molar-refractivity contribution is -0.234.